The highest BCUT2D eigenvalue weighted by Crippen LogP contribution is 2.59. The van der Waals surface area contributed by atoms with Crippen molar-refractivity contribution in [2.75, 3.05) is 24.6 Å². The van der Waals surface area contributed by atoms with Gasteiger partial charge in [-0.3, -0.25) is 14.4 Å². The lowest BCUT2D eigenvalue weighted by Gasteiger charge is -2.40. The van der Waals surface area contributed by atoms with Crippen LogP contribution < -0.4 is 4.90 Å². The number of hydrogen-bond acceptors (Lipinski definition) is 5. The number of rotatable bonds is 6. The van der Waals surface area contributed by atoms with Gasteiger partial charge in [-0.05, 0) is 42.3 Å². The Morgan fingerprint density at radius 2 is 1.51 bits per heavy atom. The van der Waals surface area contributed by atoms with Crippen molar-refractivity contribution in [2.24, 2.45) is 11.8 Å². The highest BCUT2D eigenvalue weighted by Gasteiger charge is 2.75. The van der Waals surface area contributed by atoms with Gasteiger partial charge in [0.2, 0.25) is 11.8 Å². The van der Waals surface area contributed by atoms with Gasteiger partial charge in [0.1, 0.15) is 11.6 Å². The van der Waals surface area contributed by atoms with Gasteiger partial charge in [0.05, 0.1) is 30.1 Å². The quantitative estimate of drug-likeness (QED) is 0.407. The molecule has 0 bridgehead atoms. The van der Waals surface area contributed by atoms with Crippen LogP contribution in [0.2, 0.25) is 5.02 Å². The van der Waals surface area contributed by atoms with Gasteiger partial charge in [0.15, 0.2) is 0 Å². The number of anilines is 1. The Kier molecular flexibility index (Phi) is 7.39. The van der Waals surface area contributed by atoms with E-state index >= 15 is 0 Å². The predicted octanol–water partition coefficient (Wildman–Crippen LogP) is 4.55. The van der Waals surface area contributed by atoms with E-state index in [0.29, 0.717) is 29.4 Å². The zero-order valence-corrected chi connectivity index (χ0v) is 25.6. The number of carbonyl (C=O) groups is 3. The Morgan fingerprint density at radius 1 is 0.844 bits per heavy atom. The van der Waals surface area contributed by atoms with E-state index < -0.39 is 47.6 Å². The molecule has 7 rings (SSSR count). The number of aliphatic hydroxyl groups is 1. The molecule has 4 aliphatic heterocycles. The summed E-state index contributed by atoms with van der Waals surface area (Å²) in [7, 11) is 0. The van der Waals surface area contributed by atoms with Crippen LogP contribution in [0.5, 0.6) is 0 Å². The molecule has 9 heteroatoms. The van der Waals surface area contributed by atoms with Crippen LogP contribution in [0.3, 0.4) is 0 Å². The fraction of sp³-hybridized carbons (Fsp3) is 0.306. The number of ether oxygens (including phenoxy) is 1. The maximum atomic E-state index is 14.9. The van der Waals surface area contributed by atoms with Gasteiger partial charge in [-0.15, -0.1) is 0 Å². The van der Waals surface area contributed by atoms with Crippen LogP contribution in [0.25, 0.3) is 0 Å². The molecule has 6 atom stereocenters. The highest BCUT2D eigenvalue weighted by molar-refractivity contribution is 6.30. The molecule has 2 fully saturated rings. The van der Waals surface area contributed by atoms with Gasteiger partial charge in [-0.25, -0.2) is 0 Å². The average Bonchev–Trinajstić information content (AvgIpc) is 3.32. The molecule has 1 unspecified atom stereocenters. The van der Waals surface area contributed by atoms with Crippen molar-refractivity contribution in [3.63, 3.8) is 0 Å². The summed E-state index contributed by atoms with van der Waals surface area (Å²) in [6.07, 6.45) is 7.45. The third-order valence-corrected chi connectivity index (χ3v) is 9.88. The summed E-state index contributed by atoms with van der Waals surface area (Å²) >= 11 is 6.17. The van der Waals surface area contributed by atoms with Crippen LogP contribution in [0, 0.1) is 11.8 Å². The smallest absolute Gasteiger partial charge is 0.253 e. The molecule has 0 aromatic heterocycles. The average molecular weight is 624 g/mol. The molecule has 0 radical (unpaired) electrons. The van der Waals surface area contributed by atoms with E-state index in [0.717, 1.165) is 5.56 Å². The lowest BCUT2D eigenvalue weighted by atomic mass is 9.74. The number of amides is 3. The molecule has 4 heterocycles. The van der Waals surface area contributed by atoms with Crippen LogP contribution in [0.1, 0.15) is 24.1 Å². The summed E-state index contributed by atoms with van der Waals surface area (Å²) < 4.78 is 6.97. The van der Waals surface area contributed by atoms with E-state index in [4.69, 9.17) is 16.3 Å². The lowest BCUT2D eigenvalue weighted by molar-refractivity contribution is -0.151. The number of hydrogen-bond donors (Lipinski definition) is 1. The normalized spacial score (nSPS) is 29.7. The molecule has 0 aliphatic carbocycles. The largest absolute Gasteiger partial charge is 0.394 e. The third-order valence-electron chi connectivity index (χ3n) is 9.63. The monoisotopic (exact) mass is 623 g/mol. The Bertz CT molecular complexity index is 1680. The maximum Gasteiger partial charge on any atom is 0.253 e. The molecule has 45 heavy (non-hydrogen) atoms. The summed E-state index contributed by atoms with van der Waals surface area (Å²) in [6.45, 7) is 2.40. The van der Waals surface area contributed by atoms with Crippen molar-refractivity contribution in [3.8, 4) is 0 Å². The summed E-state index contributed by atoms with van der Waals surface area (Å²) in [5.74, 6) is -2.85. The zero-order chi connectivity index (χ0) is 31.3. The first-order chi connectivity index (χ1) is 21.8. The zero-order valence-electron chi connectivity index (χ0n) is 24.8. The van der Waals surface area contributed by atoms with Crippen molar-refractivity contribution >= 4 is 35.0 Å². The van der Waals surface area contributed by atoms with Crippen molar-refractivity contribution in [2.45, 2.75) is 36.8 Å². The van der Waals surface area contributed by atoms with E-state index in [9.17, 15) is 19.5 Å². The topological polar surface area (TPSA) is 90.4 Å². The predicted molar refractivity (Wildman–Crippen MR) is 170 cm³/mol. The van der Waals surface area contributed by atoms with Gasteiger partial charge in [0.25, 0.3) is 5.91 Å². The fourth-order valence-electron chi connectivity index (χ4n) is 7.68. The SMILES string of the molecule is C[C@@]12C=CCN(Cc3ccccc3)C(=O)[C@@H]1[C@H]1C(=O)N([C@H](CO)c3ccccc3)C3C(=O)N(c4ccc(Cl)cc4)CC=C[C@@]31O2. The minimum Gasteiger partial charge on any atom is -0.394 e. The molecular formula is C36H34ClN3O5. The summed E-state index contributed by atoms with van der Waals surface area (Å²) in [6, 6.07) is 23.9. The van der Waals surface area contributed by atoms with E-state index in [2.05, 4.69) is 0 Å². The van der Waals surface area contributed by atoms with Gasteiger partial charge in [-0.1, -0.05) is 96.6 Å². The lowest BCUT2D eigenvalue weighted by Crippen LogP contribution is -2.57. The number of halogens is 1. The number of fused-ring (bicyclic) bond motifs is 2. The van der Waals surface area contributed by atoms with Gasteiger partial charge in [0, 0.05) is 30.3 Å². The molecule has 8 nitrogen and oxygen atoms in total. The van der Waals surface area contributed by atoms with Crippen molar-refractivity contribution < 1.29 is 24.2 Å². The standard InChI is InChI=1S/C36H34ClN3O5/c1-35-18-8-20-38(22-24-10-4-2-5-11-24)32(42)29(35)30-33(43)40(28(23-41)25-12-6-3-7-13-25)31-34(44)39(21-9-19-36(30,31)45-35)27-16-14-26(37)15-17-27/h2-19,28-31,41H,20-23H2,1H3/t28-,29+,30+,31?,35-,36+/m1/s1. The molecule has 3 amide bonds. The van der Waals surface area contributed by atoms with E-state index in [-0.39, 0.29) is 18.4 Å². The van der Waals surface area contributed by atoms with E-state index in [1.54, 1.807) is 34.1 Å². The Hall–Kier alpha value is -4.24. The Labute approximate surface area is 267 Å². The first-order valence-corrected chi connectivity index (χ1v) is 15.6. The van der Waals surface area contributed by atoms with Crippen LogP contribution in [0.4, 0.5) is 5.69 Å². The molecule has 2 saturated heterocycles. The number of nitrogens with zero attached hydrogens (tertiary/aromatic N) is 3. The van der Waals surface area contributed by atoms with Crippen LogP contribution in [0.15, 0.2) is 109 Å². The molecule has 3 aromatic carbocycles. The molecule has 3 aromatic rings. The number of carbonyl (C=O) groups excluding carboxylic acids is 3. The molecule has 1 spiro atoms. The molecule has 0 saturated carbocycles. The Morgan fingerprint density at radius 3 is 2.20 bits per heavy atom. The molecule has 230 valence electrons. The highest BCUT2D eigenvalue weighted by atomic mass is 35.5. The third kappa shape index (κ3) is 4.71. The first-order valence-electron chi connectivity index (χ1n) is 15.2. The second kappa shape index (κ2) is 11.3. The van der Waals surface area contributed by atoms with Crippen LogP contribution in [-0.4, -0.2) is 69.6 Å². The molecular weight excluding hydrogens is 590 g/mol. The van der Waals surface area contributed by atoms with Crippen molar-refractivity contribution in [1.82, 2.24) is 9.80 Å². The van der Waals surface area contributed by atoms with E-state index in [1.807, 2.05) is 91.9 Å². The first kappa shape index (κ1) is 29.5. The van der Waals surface area contributed by atoms with Gasteiger partial charge < -0.3 is 24.5 Å². The minimum absolute atomic E-state index is 0.206. The van der Waals surface area contributed by atoms with Gasteiger partial charge in [-0.2, -0.15) is 0 Å². The fourth-order valence-corrected chi connectivity index (χ4v) is 7.80. The summed E-state index contributed by atoms with van der Waals surface area (Å²) in [5, 5.41) is 11.3. The van der Waals surface area contributed by atoms with Gasteiger partial charge >= 0.3 is 0 Å². The second-order valence-corrected chi connectivity index (χ2v) is 12.7. The summed E-state index contributed by atoms with van der Waals surface area (Å²) in [5.41, 5.74) is -0.323. The van der Waals surface area contributed by atoms with E-state index in [1.165, 1.54) is 4.90 Å². The second-order valence-electron chi connectivity index (χ2n) is 12.3. The number of aliphatic hydroxyl groups excluding tert-OH is 1. The van der Waals surface area contributed by atoms with Crippen LogP contribution >= 0.6 is 11.6 Å². The number of likely N-dealkylation sites (tertiary alicyclic amines) is 1. The van der Waals surface area contributed by atoms with Crippen molar-refractivity contribution in [3.05, 3.63) is 125 Å². The maximum absolute atomic E-state index is 14.9. The Balaban J connectivity index is 1.36. The molecule has 4 aliphatic rings. The summed E-state index contributed by atoms with van der Waals surface area (Å²) in [4.78, 5) is 49.1. The van der Waals surface area contributed by atoms with Crippen LogP contribution in [-0.2, 0) is 25.7 Å². The number of benzene rings is 3. The molecule has 1 N–H and O–H groups in total. The minimum atomic E-state index is -1.45. The van der Waals surface area contributed by atoms with Crippen molar-refractivity contribution in [1.29, 1.82) is 0 Å².